The predicted molar refractivity (Wildman–Crippen MR) is 71.9 cm³/mol. The van der Waals surface area contributed by atoms with Gasteiger partial charge in [0.1, 0.15) is 6.33 Å². The van der Waals surface area contributed by atoms with Crippen LogP contribution in [0.1, 0.15) is 19.3 Å². The van der Waals surface area contributed by atoms with Gasteiger partial charge in [0.05, 0.1) is 12.0 Å². The molecule has 0 aromatic carbocycles. The number of methoxy groups -OCH3 is 1. The second-order valence-electron chi connectivity index (χ2n) is 5.19. The fourth-order valence-corrected chi connectivity index (χ4v) is 2.65. The summed E-state index contributed by atoms with van der Waals surface area (Å²) in [4.78, 5) is 20.9. The van der Waals surface area contributed by atoms with Gasteiger partial charge in [0.2, 0.25) is 5.82 Å². The molecule has 20 heavy (non-hydrogen) atoms. The molecule has 1 aliphatic carbocycles. The van der Waals surface area contributed by atoms with Crippen molar-refractivity contribution in [1.82, 2.24) is 14.9 Å². The largest absolute Gasteiger partial charge is 0.476 e. The lowest BCUT2D eigenvalue weighted by atomic mass is 10.2. The molecule has 8 nitrogen and oxygen atoms in total. The Labute approximate surface area is 116 Å². The van der Waals surface area contributed by atoms with Gasteiger partial charge in [-0.2, -0.15) is 4.98 Å². The molecule has 3 rings (SSSR count). The Morgan fingerprint density at radius 3 is 2.90 bits per heavy atom. The zero-order chi connectivity index (χ0) is 14.1. The van der Waals surface area contributed by atoms with Crippen LogP contribution >= 0.6 is 0 Å². The first-order valence-corrected chi connectivity index (χ1v) is 6.73. The van der Waals surface area contributed by atoms with Crippen molar-refractivity contribution in [1.29, 1.82) is 0 Å². The zero-order valence-corrected chi connectivity index (χ0v) is 11.3. The van der Waals surface area contributed by atoms with Crippen LogP contribution in [0, 0.1) is 10.1 Å². The second-order valence-corrected chi connectivity index (χ2v) is 5.19. The average molecular weight is 279 g/mol. The molecule has 8 heteroatoms. The highest BCUT2D eigenvalue weighted by molar-refractivity contribution is 5.61. The van der Waals surface area contributed by atoms with Crippen molar-refractivity contribution < 1.29 is 9.66 Å². The first-order valence-electron chi connectivity index (χ1n) is 6.73. The third kappa shape index (κ3) is 2.51. The van der Waals surface area contributed by atoms with E-state index in [0.717, 1.165) is 25.6 Å². The van der Waals surface area contributed by atoms with E-state index in [2.05, 4.69) is 20.2 Å². The van der Waals surface area contributed by atoms with Crippen molar-refractivity contribution >= 4 is 11.5 Å². The maximum absolute atomic E-state index is 11.2. The number of ether oxygens (including phenoxy) is 1. The number of nitro groups is 1. The summed E-state index contributed by atoms with van der Waals surface area (Å²) < 4.78 is 4.94. The molecule has 0 spiro atoms. The van der Waals surface area contributed by atoms with Crippen LogP contribution in [0.25, 0.3) is 0 Å². The molecule has 1 atom stereocenters. The van der Waals surface area contributed by atoms with Gasteiger partial charge in [0.15, 0.2) is 0 Å². The average Bonchev–Trinajstić information content (AvgIpc) is 3.19. The number of nitrogens with one attached hydrogen (secondary N) is 1. The lowest BCUT2D eigenvalue weighted by Crippen LogP contribution is -2.28. The molecule has 1 aliphatic heterocycles. The summed E-state index contributed by atoms with van der Waals surface area (Å²) in [6.45, 7) is 1.95. The van der Waals surface area contributed by atoms with Crippen LogP contribution in [0.4, 0.5) is 11.5 Å². The van der Waals surface area contributed by atoms with Crippen molar-refractivity contribution in [2.24, 2.45) is 0 Å². The van der Waals surface area contributed by atoms with E-state index in [0.29, 0.717) is 0 Å². The summed E-state index contributed by atoms with van der Waals surface area (Å²) in [6.07, 6.45) is 4.80. The fourth-order valence-electron chi connectivity index (χ4n) is 2.65. The van der Waals surface area contributed by atoms with Gasteiger partial charge in [0, 0.05) is 25.2 Å². The van der Waals surface area contributed by atoms with Gasteiger partial charge in [-0.05, 0) is 19.3 Å². The minimum Gasteiger partial charge on any atom is -0.476 e. The highest BCUT2D eigenvalue weighted by Gasteiger charge is 2.35. The second kappa shape index (κ2) is 5.20. The van der Waals surface area contributed by atoms with E-state index in [1.165, 1.54) is 26.3 Å². The van der Waals surface area contributed by atoms with Gasteiger partial charge in [-0.25, -0.2) is 4.98 Å². The van der Waals surface area contributed by atoms with E-state index in [1.807, 2.05) is 0 Å². The third-order valence-electron chi connectivity index (χ3n) is 3.79. The minimum absolute atomic E-state index is 0.00968. The molecule has 1 aromatic heterocycles. The van der Waals surface area contributed by atoms with Crippen molar-refractivity contribution in [3.05, 3.63) is 16.4 Å². The van der Waals surface area contributed by atoms with Crippen LogP contribution in [0.2, 0.25) is 0 Å². The van der Waals surface area contributed by atoms with E-state index in [-0.39, 0.29) is 23.4 Å². The van der Waals surface area contributed by atoms with Crippen LogP contribution < -0.4 is 10.1 Å². The molecule has 1 saturated heterocycles. The van der Waals surface area contributed by atoms with Crippen molar-refractivity contribution in [3.63, 3.8) is 0 Å². The quantitative estimate of drug-likeness (QED) is 0.635. The van der Waals surface area contributed by atoms with E-state index in [4.69, 9.17) is 4.74 Å². The summed E-state index contributed by atoms with van der Waals surface area (Å²) in [7, 11) is 1.36. The number of nitrogens with zero attached hydrogens (tertiary/aromatic N) is 4. The van der Waals surface area contributed by atoms with E-state index in [9.17, 15) is 10.1 Å². The summed E-state index contributed by atoms with van der Waals surface area (Å²) in [6, 6.07) is 0.908. The number of aromatic nitrogens is 2. The molecule has 2 fully saturated rings. The normalized spacial score (nSPS) is 22.8. The first kappa shape index (κ1) is 13.0. The van der Waals surface area contributed by atoms with Crippen molar-refractivity contribution in [2.45, 2.75) is 31.3 Å². The minimum atomic E-state index is -0.505. The van der Waals surface area contributed by atoms with Crippen LogP contribution in [-0.2, 0) is 0 Å². The molecule has 1 aromatic rings. The summed E-state index contributed by atoms with van der Waals surface area (Å²) >= 11 is 0. The van der Waals surface area contributed by atoms with Gasteiger partial charge in [-0.15, -0.1) is 0 Å². The monoisotopic (exact) mass is 279 g/mol. The third-order valence-corrected chi connectivity index (χ3v) is 3.79. The van der Waals surface area contributed by atoms with Crippen LogP contribution in [-0.4, -0.2) is 52.1 Å². The summed E-state index contributed by atoms with van der Waals surface area (Å²) in [5.74, 6) is 0.231. The lowest BCUT2D eigenvalue weighted by Gasteiger charge is -2.16. The Hall–Kier alpha value is -1.96. The molecule has 108 valence electrons. The summed E-state index contributed by atoms with van der Waals surface area (Å²) in [5, 5.41) is 14.3. The zero-order valence-electron chi connectivity index (χ0n) is 11.3. The number of rotatable bonds is 5. The van der Waals surface area contributed by atoms with Gasteiger partial charge in [-0.1, -0.05) is 0 Å². The van der Waals surface area contributed by atoms with Crippen LogP contribution in [0.3, 0.4) is 0 Å². The molecular formula is C12H17N5O3. The Bertz CT molecular complexity index is 520. The standard InChI is InChI=1S/C12H17N5O3/c1-20-12-10(17(18)19)11(13-7-14-12)15-8-4-5-16(6-8)9-2-3-9/h7-9H,2-6H2,1H3,(H,13,14,15). The molecule has 0 bridgehead atoms. The van der Waals surface area contributed by atoms with E-state index >= 15 is 0 Å². The number of anilines is 1. The van der Waals surface area contributed by atoms with Gasteiger partial charge in [0.25, 0.3) is 5.88 Å². The van der Waals surface area contributed by atoms with Gasteiger partial charge < -0.3 is 10.1 Å². The topological polar surface area (TPSA) is 93.4 Å². The molecule has 2 aliphatic rings. The number of hydrogen-bond acceptors (Lipinski definition) is 7. The molecule has 2 heterocycles. The highest BCUT2D eigenvalue weighted by atomic mass is 16.6. The molecule has 1 N–H and O–H groups in total. The Morgan fingerprint density at radius 1 is 1.45 bits per heavy atom. The SMILES string of the molecule is COc1ncnc(NC2CCN(C3CC3)C2)c1[N+](=O)[O-]. The Kier molecular flexibility index (Phi) is 3.39. The van der Waals surface area contributed by atoms with Crippen LogP contribution in [0.5, 0.6) is 5.88 Å². The maximum atomic E-state index is 11.2. The molecule has 0 amide bonds. The maximum Gasteiger partial charge on any atom is 0.372 e. The first-order chi connectivity index (χ1) is 9.69. The molecule has 1 saturated carbocycles. The van der Waals surface area contributed by atoms with E-state index in [1.54, 1.807) is 0 Å². The highest BCUT2D eigenvalue weighted by Crippen LogP contribution is 2.33. The van der Waals surface area contributed by atoms with Crippen molar-refractivity contribution in [3.8, 4) is 5.88 Å². The fraction of sp³-hybridized carbons (Fsp3) is 0.667. The smallest absolute Gasteiger partial charge is 0.372 e. The molecular weight excluding hydrogens is 262 g/mol. The van der Waals surface area contributed by atoms with Gasteiger partial charge >= 0.3 is 5.69 Å². The van der Waals surface area contributed by atoms with Crippen LogP contribution in [0.15, 0.2) is 6.33 Å². The Morgan fingerprint density at radius 2 is 2.25 bits per heavy atom. The number of likely N-dealkylation sites (tertiary alicyclic amines) is 1. The summed E-state index contributed by atoms with van der Waals surface area (Å²) in [5.41, 5.74) is -0.195. The lowest BCUT2D eigenvalue weighted by molar-refractivity contribution is -0.385. The van der Waals surface area contributed by atoms with Crippen molar-refractivity contribution in [2.75, 3.05) is 25.5 Å². The van der Waals surface area contributed by atoms with E-state index < -0.39 is 4.92 Å². The number of hydrogen-bond donors (Lipinski definition) is 1. The van der Waals surface area contributed by atoms with Gasteiger partial charge in [-0.3, -0.25) is 15.0 Å². The molecule has 0 radical (unpaired) electrons. The Balaban J connectivity index is 1.75. The molecule has 1 unspecified atom stereocenters. The predicted octanol–water partition coefficient (Wildman–Crippen LogP) is 1.04.